The Hall–Kier alpha value is -1.24. The minimum atomic E-state index is 0.578. The quantitative estimate of drug-likeness (QED) is 0.597. The first-order valence-electron chi connectivity index (χ1n) is 7.03. The van der Waals surface area contributed by atoms with Crippen LogP contribution < -0.4 is 4.74 Å². The maximum Gasteiger partial charge on any atom is 0.122 e. The number of ether oxygens (including phenoxy) is 1. The van der Waals surface area contributed by atoms with E-state index in [1.54, 1.807) is 7.11 Å². The van der Waals surface area contributed by atoms with Gasteiger partial charge in [0, 0.05) is 5.56 Å². The monoisotopic (exact) mass is 246 g/mol. The van der Waals surface area contributed by atoms with Crippen molar-refractivity contribution in [3.63, 3.8) is 0 Å². The zero-order chi connectivity index (χ0) is 13.4. The molecule has 0 heterocycles. The second-order valence-electron chi connectivity index (χ2n) is 4.79. The molecule has 0 bridgehead atoms. The highest BCUT2D eigenvalue weighted by atomic mass is 16.5. The molecule has 0 aliphatic carbocycles. The fraction of sp³-hybridized carbons (Fsp3) is 0.529. The summed E-state index contributed by atoms with van der Waals surface area (Å²) in [6.45, 7) is 6.62. The molecule has 100 valence electrons. The summed E-state index contributed by atoms with van der Waals surface area (Å²) in [5.41, 5.74) is 2.74. The van der Waals surface area contributed by atoms with Gasteiger partial charge < -0.3 is 4.74 Å². The first-order valence-corrected chi connectivity index (χ1v) is 7.03. The van der Waals surface area contributed by atoms with E-state index in [4.69, 9.17) is 4.74 Å². The molecule has 1 rings (SSSR count). The van der Waals surface area contributed by atoms with Crippen LogP contribution in [-0.4, -0.2) is 7.11 Å². The second kappa shape index (κ2) is 7.97. The Labute approximate surface area is 112 Å². The number of allylic oxidation sites excluding steroid dienone is 2. The Bertz CT molecular complexity index is 379. The Morgan fingerprint density at radius 1 is 1.22 bits per heavy atom. The number of methoxy groups -OCH3 is 1. The molecule has 1 heteroatoms. The van der Waals surface area contributed by atoms with Gasteiger partial charge in [0.05, 0.1) is 7.11 Å². The third kappa shape index (κ3) is 3.90. The fourth-order valence-corrected chi connectivity index (χ4v) is 2.51. The van der Waals surface area contributed by atoms with E-state index in [1.807, 2.05) is 0 Å². The summed E-state index contributed by atoms with van der Waals surface area (Å²) in [5, 5.41) is 0. The van der Waals surface area contributed by atoms with Gasteiger partial charge in [0.2, 0.25) is 0 Å². The van der Waals surface area contributed by atoms with Gasteiger partial charge in [0.1, 0.15) is 5.75 Å². The van der Waals surface area contributed by atoms with Gasteiger partial charge in [0.15, 0.2) is 0 Å². The van der Waals surface area contributed by atoms with E-state index in [0.29, 0.717) is 5.92 Å². The van der Waals surface area contributed by atoms with Gasteiger partial charge in [-0.25, -0.2) is 0 Å². The van der Waals surface area contributed by atoms with Crippen molar-refractivity contribution in [2.75, 3.05) is 7.11 Å². The lowest BCUT2D eigenvalue weighted by Crippen LogP contribution is -2.03. The highest BCUT2D eigenvalue weighted by Gasteiger charge is 2.16. The number of rotatable bonds is 7. The molecule has 0 amide bonds. The largest absolute Gasteiger partial charge is 0.496 e. The SMILES string of the molecule is CC/C=C\CC(CCC)c1c(C)cccc1OC. The molecule has 0 N–H and O–H groups in total. The summed E-state index contributed by atoms with van der Waals surface area (Å²) >= 11 is 0. The van der Waals surface area contributed by atoms with Gasteiger partial charge in [-0.05, 0) is 43.7 Å². The number of hydrogen-bond donors (Lipinski definition) is 0. The van der Waals surface area contributed by atoms with Gasteiger partial charge in [-0.2, -0.15) is 0 Å². The Morgan fingerprint density at radius 2 is 2.00 bits per heavy atom. The molecule has 1 aromatic carbocycles. The van der Waals surface area contributed by atoms with Crippen molar-refractivity contribution in [2.45, 2.75) is 52.4 Å². The van der Waals surface area contributed by atoms with E-state index >= 15 is 0 Å². The van der Waals surface area contributed by atoms with E-state index in [2.05, 4.69) is 51.1 Å². The van der Waals surface area contributed by atoms with Crippen LogP contribution in [0.15, 0.2) is 30.4 Å². The average Bonchev–Trinajstić information content (AvgIpc) is 2.38. The first-order chi connectivity index (χ1) is 8.74. The molecule has 0 saturated carbocycles. The van der Waals surface area contributed by atoms with Crippen LogP contribution in [0.5, 0.6) is 5.75 Å². The van der Waals surface area contributed by atoms with E-state index in [-0.39, 0.29) is 0 Å². The second-order valence-corrected chi connectivity index (χ2v) is 4.79. The molecule has 1 unspecified atom stereocenters. The molecule has 0 saturated heterocycles. The van der Waals surface area contributed by atoms with Crippen LogP contribution in [0.2, 0.25) is 0 Å². The Balaban J connectivity index is 3.00. The Morgan fingerprint density at radius 3 is 2.61 bits per heavy atom. The van der Waals surface area contributed by atoms with Crippen molar-refractivity contribution in [3.05, 3.63) is 41.5 Å². The third-order valence-electron chi connectivity index (χ3n) is 3.37. The Kier molecular flexibility index (Phi) is 6.56. The standard InChI is InChI=1S/C17H26O/c1-5-7-8-12-15(10-6-2)17-14(3)11-9-13-16(17)18-4/h7-9,11,13,15H,5-6,10,12H2,1-4H3/b8-7-. The molecule has 0 spiro atoms. The van der Waals surface area contributed by atoms with Gasteiger partial charge in [-0.1, -0.05) is 44.6 Å². The normalized spacial score (nSPS) is 12.9. The summed E-state index contributed by atoms with van der Waals surface area (Å²) in [7, 11) is 1.77. The van der Waals surface area contributed by atoms with Crippen LogP contribution in [0.1, 0.15) is 56.6 Å². The van der Waals surface area contributed by atoms with E-state index < -0.39 is 0 Å². The molecule has 1 nitrogen and oxygen atoms in total. The highest BCUT2D eigenvalue weighted by Crippen LogP contribution is 2.35. The van der Waals surface area contributed by atoms with Gasteiger partial charge in [-0.3, -0.25) is 0 Å². The zero-order valence-electron chi connectivity index (χ0n) is 12.2. The van der Waals surface area contributed by atoms with Crippen molar-refractivity contribution >= 4 is 0 Å². The van der Waals surface area contributed by atoms with Crippen LogP contribution >= 0.6 is 0 Å². The van der Waals surface area contributed by atoms with Crippen molar-refractivity contribution in [2.24, 2.45) is 0 Å². The zero-order valence-corrected chi connectivity index (χ0v) is 12.2. The van der Waals surface area contributed by atoms with E-state index in [1.165, 1.54) is 24.0 Å². The van der Waals surface area contributed by atoms with Crippen LogP contribution in [0.3, 0.4) is 0 Å². The molecule has 0 fully saturated rings. The van der Waals surface area contributed by atoms with Crippen LogP contribution in [0.4, 0.5) is 0 Å². The summed E-state index contributed by atoms with van der Waals surface area (Å²) in [4.78, 5) is 0. The fourth-order valence-electron chi connectivity index (χ4n) is 2.51. The van der Waals surface area contributed by atoms with Crippen LogP contribution in [-0.2, 0) is 0 Å². The summed E-state index contributed by atoms with van der Waals surface area (Å²) in [6.07, 6.45) is 9.23. The smallest absolute Gasteiger partial charge is 0.122 e. The minimum Gasteiger partial charge on any atom is -0.496 e. The predicted octanol–water partition coefficient (Wildman–Crippen LogP) is 5.24. The molecule has 0 aliphatic heterocycles. The minimum absolute atomic E-state index is 0.578. The lowest BCUT2D eigenvalue weighted by Gasteiger charge is -2.20. The molecule has 1 aromatic rings. The van der Waals surface area contributed by atoms with Crippen LogP contribution in [0.25, 0.3) is 0 Å². The molecular weight excluding hydrogens is 220 g/mol. The number of aryl methyl sites for hydroxylation is 1. The molecule has 0 aromatic heterocycles. The number of hydrogen-bond acceptors (Lipinski definition) is 1. The van der Waals surface area contributed by atoms with Crippen molar-refractivity contribution < 1.29 is 4.74 Å². The lowest BCUT2D eigenvalue weighted by molar-refractivity contribution is 0.402. The predicted molar refractivity (Wildman–Crippen MR) is 79.4 cm³/mol. The molecule has 18 heavy (non-hydrogen) atoms. The van der Waals surface area contributed by atoms with E-state index in [0.717, 1.165) is 18.6 Å². The van der Waals surface area contributed by atoms with Crippen molar-refractivity contribution in [3.8, 4) is 5.75 Å². The van der Waals surface area contributed by atoms with Crippen molar-refractivity contribution in [1.82, 2.24) is 0 Å². The van der Waals surface area contributed by atoms with E-state index in [9.17, 15) is 0 Å². The summed E-state index contributed by atoms with van der Waals surface area (Å²) in [5.74, 6) is 1.62. The third-order valence-corrected chi connectivity index (χ3v) is 3.37. The maximum atomic E-state index is 5.54. The molecule has 1 atom stereocenters. The average molecular weight is 246 g/mol. The molecule has 0 aliphatic rings. The van der Waals surface area contributed by atoms with Crippen LogP contribution in [0, 0.1) is 6.92 Å². The summed E-state index contributed by atoms with van der Waals surface area (Å²) in [6, 6.07) is 6.33. The first kappa shape index (κ1) is 14.8. The van der Waals surface area contributed by atoms with Gasteiger partial charge in [-0.15, -0.1) is 0 Å². The maximum absolute atomic E-state index is 5.54. The molecule has 0 radical (unpaired) electrons. The summed E-state index contributed by atoms with van der Waals surface area (Å²) < 4.78 is 5.54. The number of benzene rings is 1. The topological polar surface area (TPSA) is 9.23 Å². The van der Waals surface area contributed by atoms with Gasteiger partial charge in [0.25, 0.3) is 0 Å². The lowest BCUT2D eigenvalue weighted by atomic mass is 9.87. The van der Waals surface area contributed by atoms with Crippen molar-refractivity contribution in [1.29, 1.82) is 0 Å². The van der Waals surface area contributed by atoms with Gasteiger partial charge >= 0.3 is 0 Å². The highest BCUT2D eigenvalue weighted by molar-refractivity contribution is 5.42. The molecular formula is C17H26O.